The molecule has 2 heterocycles. The highest BCUT2D eigenvalue weighted by Gasteiger charge is 2.16. The summed E-state index contributed by atoms with van der Waals surface area (Å²) in [6.45, 7) is 1.57. The molecule has 21 heavy (non-hydrogen) atoms. The van der Waals surface area contributed by atoms with Crippen molar-refractivity contribution in [2.75, 3.05) is 32.1 Å². The van der Waals surface area contributed by atoms with Gasteiger partial charge in [0.1, 0.15) is 0 Å². The van der Waals surface area contributed by atoms with E-state index in [9.17, 15) is 9.59 Å². The molecule has 7 nitrogen and oxygen atoms in total. The second-order valence-electron chi connectivity index (χ2n) is 4.84. The Kier molecular flexibility index (Phi) is 5.36. The Morgan fingerprint density at radius 2 is 2.05 bits per heavy atom. The van der Waals surface area contributed by atoms with Gasteiger partial charge in [0.15, 0.2) is 0 Å². The lowest BCUT2D eigenvalue weighted by Crippen LogP contribution is -2.43. The molecule has 1 aromatic rings. The number of pyridine rings is 1. The zero-order valence-corrected chi connectivity index (χ0v) is 12.1. The molecule has 2 rings (SSSR count). The van der Waals surface area contributed by atoms with Gasteiger partial charge in [0.05, 0.1) is 25.5 Å². The number of aromatic nitrogens is 1. The topological polar surface area (TPSA) is 83.6 Å². The summed E-state index contributed by atoms with van der Waals surface area (Å²) in [5.74, 6) is 0.430. The second-order valence-corrected chi connectivity index (χ2v) is 4.84. The summed E-state index contributed by atoms with van der Waals surface area (Å²) in [6.07, 6.45) is 4.73. The molecule has 0 saturated carbocycles. The number of ether oxygens (including phenoxy) is 1. The molecule has 0 radical (unpaired) electrons. The Hall–Kier alpha value is -2.31. The maximum absolute atomic E-state index is 11.9. The van der Waals surface area contributed by atoms with Crippen LogP contribution < -0.4 is 15.4 Å². The number of hydrogen-bond donors (Lipinski definition) is 2. The van der Waals surface area contributed by atoms with E-state index in [0.29, 0.717) is 11.6 Å². The number of methoxy groups -OCH3 is 1. The Bertz CT molecular complexity index is 483. The minimum atomic E-state index is -0.424. The van der Waals surface area contributed by atoms with Crippen LogP contribution in [0.15, 0.2) is 18.3 Å². The third-order valence-electron chi connectivity index (χ3n) is 3.31. The molecule has 3 amide bonds. The Morgan fingerprint density at radius 3 is 2.67 bits per heavy atom. The predicted octanol–water partition coefficient (Wildman–Crippen LogP) is 1.22. The summed E-state index contributed by atoms with van der Waals surface area (Å²) < 4.78 is 4.93. The number of urea groups is 1. The lowest BCUT2D eigenvalue weighted by Gasteiger charge is -2.26. The fraction of sp³-hybridized carbons (Fsp3) is 0.500. The minimum absolute atomic E-state index is 0.00934. The van der Waals surface area contributed by atoms with Gasteiger partial charge in [-0.2, -0.15) is 0 Å². The number of hydrogen-bond acceptors (Lipinski definition) is 4. The number of piperidine rings is 1. The molecule has 1 fully saturated rings. The first kappa shape index (κ1) is 15.1. The molecule has 7 heteroatoms. The summed E-state index contributed by atoms with van der Waals surface area (Å²) >= 11 is 0. The molecule has 0 unspecified atom stereocenters. The van der Waals surface area contributed by atoms with E-state index in [1.54, 1.807) is 17.0 Å². The van der Waals surface area contributed by atoms with Gasteiger partial charge in [0, 0.05) is 19.2 Å². The van der Waals surface area contributed by atoms with Crippen LogP contribution in [0.4, 0.5) is 10.5 Å². The standard InChI is InChI=1S/C14H20N4O3/c1-21-12-6-5-11(9-15-12)17-14(20)16-10-13(19)18-7-3-2-4-8-18/h5-6,9H,2-4,7-8,10H2,1H3,(H2,16,17,20). The Morgan fingerprint density at radius 1 is 1.29 bits per heavy atom. The fourth-order valence-electron chi connectivity index (χ4n) is 2.16. The summed E-state index contributed by atoms with van der Waals surface area (Å²) in [6, 6.07) is 2.90. The van der Waals surface area contributed by atoms with Gasteiger partial charge in [-0.25, -0.2) is 9.78 Å². The molecule has 0 aliphatic carbocycles. The van der Waals surface area contributed by atoms with Gasteiger partial charge >= 0.3 is 6.03 Å². The molecule has 114 valence electrons. The number of nitrogens with one attached hydrogen (secondary N) is 2. The van der Waals surface area contributed by atoms with Gasteiger partial charge < -0.3 is 20.3 Å². The number of nitrogens with zero attached hydrogens (tertiary/aromatic N) is 2. The van der Waals surface area contributed by atoms with Crippen molar-refractivity contribution in [2.24, 2.45) is 0 Å². The highest BCUT2D eigenvalue weighted by atomic mass is 16.5. The lowest BCUT2D eigenvalue weighted by molar-refractivity contribution is -0.130. The number of anilines is 1. The lowest BCUT2D eigenvalue weighted by atomic mass is 10.1. The molecule has 0 aromatic carbocycles. The van der Waals surface area contributed by atoms with Crippen molar-refractivity contribution >= 4 is 17.6 Å². The number of amides is 3. The van der Waals surface area contributed by atoms with Crippen LogP contribution in [0.25, 0.3) is 0 Å². The predicted molar refractivity (Wildman–Crippen MR) is 78.2 cm³/mol. The maximum atomic E-state index is 11.9. The molecule has 0 spiro atoms. The van der Waals surface area contributed by atoms with Crippen LogP contribution in [-0.4, -0.2) is 48.6 Å². The molecular weight excluding hydrogens is 272 g/mol. The fourth-order valence-corrected chi connectivity index (χ4v) is 2.16. The highest BCUT2D eigenvalue weighted by molar-refractivity contribution is 5.92. The number of likely N-dealkylation sites (tertiary alicyclic amines) is 1. The average molecular weight is 292 g/mol. The van der Waals surface area contributed by atoms with Gasteiger partial charge in [-0.1, -0.05) is 0 Å². The largest absolute Gasteiger partial charge is 0.481 e. The normalized spacial score (nSPS) is 14.4. The SMILES string of the molecule is COc1ccc(NC(=O)NCC(=O)N2CCCCC2)cn1. The van der Waals surface area contributed by atoms with Gasteiger partial charge in [0.2, 0.25) is 11.8 Å². The van der Waals surface area contributed by atoms with Crippen LogP contribution in [0, 0.1) is 0 Å². The summed E-state index contributed by atoms with van der Waals surface area (Å²) in [4.78, 5) is 29.4. The zero-order chi connectivity index (χ0) is 15.1. The van der Waals surface area contributed by atoms with Gasteiger partial charge in [-0.05, 0) is 25.3 Å². The van der Waals surface area contributed by atoms with E-state index in [1.165, 1.54) is 19.7 Å². The van der Waals surface area contributed by atoms with E-state index in [4.69, 9.17) is 4.74 Å². The first-order valence-electron chi connectivity index (χ1n) is 7.01. The number of rotatable bonds is 4. The van der Waals surface area contributed by atoms with Crippen molar-refractivity contribution in [3.05, 3.63) is 18.3 Å². The minimum Gasteiger partial charge on any atom is -0.481 e. The van der Waals surface area contributed by atoms with E-state index in [1.807, 2.05) is 0 Å². The van der Waals surface area contributed by atoms with E-state index in [-0.39, 0.29) is 12.5 Å². The third kappa shape index (κ3) is 4.62. The van der Waals surface area contributed by atoms with E-state index < -0.39 is 6.03 Å². The molecular formula is C14H20N4O3. The van der Waals surface area contributed by atoms with Gasteiger partial charge in [-0.3, -0.25) is 4.79 Å². The summed E-state index contributed by atoms with van der Waals surface area (Å²) in [7, 11) is 1.52. The highest BCUT2D eigenvalue weighted by Crippen LogP contribution is 2.11. The second kappa shape index (κ2) is 7.47. The summed E-state index contributed by atoms with van der Waals surface area (Å²) in [5.41, 5.74) is 0.540. The Labute approximate surface area is 123 Å². The van der Waals surface area contributed by atoms with Crippen molar-refractivity contribution in [2.45, 2.75) is 19.3 Å². The molecule has 1 aliphatic heterocycles. The van der Waals surface area contributed by atoms with Crippen LogP contribution in [0.3, 0.4) is 0 Å². The van der Waals surface area contributed by atoms with E-state index >= 15 is 0 Å². The Balaban J connectivity index is 1.74. The average Bonchev–Trinajstić information content (AvgIpc) is 2.54. The van der Waals surface area contributed by atoms with Crippen LogP contribution in [0.2, 0.25) is 0 Å². The van der Waals surface area contributed by atoms with Crippen molar-refractivity contribution in [1.82, 2.24) is 15.2 Å². The maximum Gasteiger partial charge on any atom is 0.319 e. The monoisotopic (exact) mass is 292 g/mol. The summed E-state index contributed by atoms with van der Waals surface area (Å²) in [5, 5.41) is 5.17. The van der Waals surface area contributed by atoms with Gasteiger partial charge in [-0.15, -0.1) is 0 Å². The molecule has 2 N–H and O–H groups in total. The van der Waals surface area contributed by atoms with Crippen molar-refractivity contribution in [3.8, 4) is 5.88 Å². The van der Waals surface area contributed by atoms with Crippen LogP contribution in [0.1, 0.15) is 19.3 Å². The van der Waals surface area contributed by atoms with Gasteiger partial charge in [0.25, 0.3) is 0 Å². The van der Waals surface area contributed by atoms with Crippen LogP contribution >= 0.6 is 0 Å². The molecule has 1 aromatic heterocycles. The smallest absolute Gasteiger partial charge is 0.319 e. The third-order valence-corrected chi connectivity index (χ3v) is 3.31. The van der Waals surface area contributed by atoms with Crippen LogP contribution in [0.5, 0.6) is 5.88 Å². The van der Waals surface area contributed by atoms with Crippen molar-refractivity contribution < 1.29 is 14.3 Å². The first-order chi connectivity index (χ1) is 10.2. The van der Waals surface area contributed by atoms with E-state index in [0.717, 1.165) is 25.9 Å². The first-order valence-corrected chi connectivity index (χ1v) is 7.01. The molecule has 1 saturated heterocycles. The van der Waals surface area contributed by atoms with E-state index in [2.05, 4.69) is 15.6 Å². The zero-order valence-electron chi connectivity index (χ0n) is 12.1. The molecule has 0 atom stereocenters. The number of carbonyl (C=O) groups is 2. The number of carbonyl (C=O) groups excluding carboxylic acids is 2. The molecule has 0 bridgehead atoms. The molecule has 1 aliphatic rings. The van der Waals surface area contributed by atoms with Crippen molar-refractivity contribution in [1.29, 1.82) is 0 Å². The van der Waals surface area contributed by atoms with Crippen LogP contribution in [-0.2, 0) is 4.79 Å². The quantitative estimate of drug-likeness (QED) is 0.874. The van der Waals surface area contributed by atoms with Crippen molar-refractivity contribution in [3.63, 3.8) is 0 Å².